The van der Waals surface area contributed by atoms with Crippen molar-refractivity contribution < 1.29 is 9.53 Å². The van der Waals surface area contributed by atoms with Crippen LogP contribution in [0.3, 0.4) is 0 Å². The second-order valence-electron chi connectivity index (χ2n) is 4.80. The standard InChI is InChI=1S/C14H21NO2/c1-5-14(3,4)15-13(16)11(2)17-12-9-7-6-8-10-12/h6-11H,5H2,1-4H3,(H,15,16). The highest BCUT2D eigenvalue weighted by Crippen LogP contribution is 2.12. The topological polar surface area (TPSA) is 38.3 Å². The van der Waals surface area contributed by atoms with Gasteiger partial charge in [0, 0.05) is 5.54 Å². The van der Waals surface area contributed by atoms with Crippen LogP contribution in [0, 0.1) is 0 Å². The lowest BCUT2D eigenvalue weighted by molar-refractivity contribution is -0.128. The lowest BCUT2D eigenvalue weighted by atomic mass is 10.0. The summed E-state index contributed by atoms with van der Waals surface area (Å²) >= 11 is 0. The summed E-state index contributed by atoms with van der Waals surface area (Å²) in [7, 11) is 0. The Morgan fingerprint density at radius 1 is 1.35 bits per heavy atom. The van der Waals surface area contributed by atoms with E-state index in [0.29, 0.717) is 5.75 Å². The molecule has 0 radical (unpaired) electrons. The maximum absolute atomic E-state index is 11.9. The molecule has 1 N–H and O–H groups in total. The van der Waals surface area contributed by atoms with Crippen molar-refractivity contribution in [3.8, 4) is 5.75 Å². The van der Waals surface area contributed by atoms with E-state index in [0.717, 1.165) is 6.42 Å². The number of nitrogens with one attached hydrogen (secondary N) is 1. The first-order valence-electron chi connectivity index (χ1n) is 5.98. The van der Waals surface area contributed by atoms with Crippen molar-refractivity contribution >= 4 is 5.91 Å². The fraction of sp³-hybridized carbons (Fsp3) is 0.500. The van der Waals surface area contributed by atoms with Crippen molar-refractivity contribution in [1.82, 2.24) is 5.32 Å². The zero-order chi connectivity index (χ0) is 12.9. The van der Waals surface area contributed by atoms with Gasteiger partial charge in [-0.2, -0.15) is 0 Å². The maximum atomic E-state index is 11.9. The number of benzene rings is 1. The third-order valence-corrected chi connectivity index (χ3v) is 2.77. The van der Waals surface area contributed by atoms with Gasteiger partial charge in [0.15, 0.2) is 6.10 Å². The Morgan fingerprint density at radius 3 is 2.47 bits per heavy atom. The summed E-state index contributed by atoms with van der Waals surface area (Å²) in [4.78, 5) is 11.9. The van der Waals surface area contributed by atoms with Crippen LogP contribution in [0.4, 0.5) is 0 Å². The van der Waals surface area contributed by atoms with E-state index >= 15 is 0 Å². The van der Waals surface area contributed by atoms with Gasteiger partial charge in [-0.1, -0.05) is 25.1 Å². The monoisotopic (exact) mass is 235 g/mol. The molecule has 1 amide bonds. The van der Waals surface area contributed by atoms with Gasteiger partial charge in [0.25, 0.3) is 5.91 Å². The molecule has 0 aromatic heterocycles. The van der Waals surface area contributed by atoms with Crippen LogP contribution in [0.1, 0.15) is 34.1 Å². The first-order valence-corrected chi connectivity index (χ1v) is 5.98. The molecule has 0 aliphatic rings. The second kappa shape index (κ2) is 5.71. The minimum atomic E-state index is -0.483. The molecule has 0 saturated heterocycles. The van der Waals surface area contributed by atoms with E-state index in [9.17, 15) is 4.79 Å². The van der Waals surface area contributed by atoms with Crippen LogP contribution in [-0.2, 0) is 4.79 Å². The predicted octanol–water partition coefficient (Wildman–Crippen LogP) is 2.76. The van der Waals surface area contributed by atoms with Crippen LogP contribution in [0.25, 0.3) is 0 Å². The molecule has 1 aromatic rings. The minimum Gasteiger partial charge on any atom is -0.481 e. The summed E-state index contributed by atoms with van der Waals surface area (Å²) in [5.41, 5.74) is -0.189. The van der Waals surface area contributed by atoms with Crippen LogP contribution < -0.4 is 10.1 Å². The molecule has 3 heteroatoms. The number of rotatable bonds is 5. The average molecular weight is 235 g/mol. The molecule has 0 aliphatic carbocycles. The molecule has 1 aromatic carbocycles. The minimum absolute atomic E-state index is 0.0827. The van der Waals surface area contributed by atoms with Crippen LogP contribution in [0.5, 0.6) is 5.75 Å². The first-order chi connectivity index (χ1) is 7.94. The Balaban J connectivity index is 2.54. The smallest absolute Gasteiger partial charge is 0.261 e. The number of hydrogen-bond acceptors (Lipinski definition) is 2. The van der Waals surface area contributed by atoms with Gasteiger partial charge in [-0.25, -0.2) is 0 Å². The fourth-order valence-electron chi connectivity index (χ4n) is 1.28. The number of para-hydroxylation sites is 1. The van der Waals surface area contributed by atoms with Crippen molar-refractivity contribution in [3.05, 3.63) is 30.3 Å². The summed E-state index contributed by atoms with van der Waals surface area (Å²) in [6.07, 6.45) is 0.403. The third kappa shape index (κ3) is 4.47. The molecule has 0 aliphatic heterocycles. The second-order valence-corrected chi connectivity index (χ2v) is 4.80. The maximum Gasteiger partial charge on any atom is 0.261 e. The molecule has 0 saturated carbocycles. The van der Waals surface area contributed by atoms with Crippen molar-refractivity contribution in [3.63, 3.8) is 0 Å². The molecule has 17 heavy (non-hydrogen) atoms. The molecular formula is C14H21NO2. The van der Waals surface area contributed by atoms with Crippen LogP contribution in [0.2, 0.25) is 0 Å². The van der Waals surface area contributed by atoms with Crippen molar-refractivity contribution in [2.24, 2.45) is 0 Å². The molecule has 94 valence electrons. The SMILES string of the molecule is CCC(C)(C)NC(=O)C(C)Oc1ccccc1. The molecule has 3 nitrogen and oxygen atoms in total. The molecule has 1 unspecified atom stereocenters. The molecular weight excluding hydrogens is 214 g/mol. The van der Waals surface area contributed by atoms with E-state index in [-0.39, 0.29) is 11.4 Å². The fourth-order valence-corrected chi connectivity index (χ4v) is 1.28. The highest BCUT2D eigenvalue weighted by Gasteiger charge is 2.22. The predicted molar refractivity (Wildman–Crippen MR) is 69.0 cm³/mol. The quantitative estimate of drug-likeness (QED) is 0.852. The van der Waals surface area contributed by atoms with Crippen LogP contribution >= 0.6 is 0 Å². The highest BCUT2D eigenvalue weighted by molar-refractivity contribution is 5.81. The molecule has 0 spiro atoms. The summed E-state index contributed by atoms with van der Waals surface area (Å²) < 4.78 is 5.55. The molecule has 0 fully saturated rings. The van der Waals surface area contributed by atoms with Crippen molar-refractivity contribution in [2.45, 2.75) is 45.8 Å². The lowest BCUT2D eigenvalue weighted by Crippen LogP contribution is -2.48. The lowest BCUT2D eigenvalue weighted by Gasteiger charge is -2.26. The van der Waals surface area contributed by atoms with Gasteiger partial charge in [0.2, 0.25) is 0 Å². The molecule has 1 atom stereocenters. The van der Waals surface area contributed by atoms with E-state index in [1.54, 1.807) is 6.92 Å². The zero-order valence-corrected chi connectivity index (χ0v) is 11.0. The Morgan fingerprint density at radius 2 is 1.94 bits per heavy atom. The van der Waals surface area contributed by atoms with E-state index in [1.165, 1.54) is 0 Å². The van der Waals surface area contributed by atoms with Crippen LogP contribution in [0.15, 0.2) is 30.3 Å². The molecule has 0 heterocycles. The van der Waals surface area contributed by atoms with Gasteiger partial charge < -0.3 is 10.1 Å². The highest BCUT2D eigenvalue weighted by atomic mass is 16.5. The van der Waals surface area contributed by atoms with E-state index in [2.05, 4.69) is 5.32 Å². The summed E-state index contributed by atoms with van der Waals surface area (Å²) in [6.45, 7) is 7.80. The third-order valence-electron chi connectivity index (χ3n) is 2.77. The van der Waals surface area contributed by atoms with Gasteiger partial charge >= 0.3 is 0 Å². The van der Waals surface area contributed by atoms with Gasteiger partial charge in [0.1, 0.15) is 5.75 Å². The van der Waals surface area contributed by atoms with Crippen molar-refractivity contribution in [1.29, 1.82) is 0 Å². The number of amides is 1. The Labute approximate surface area is 103 Å². The Bertz CT molecular complexity index is 360. The number of carbonyl (C=O) groups excluding carboxylic acids is 1. The Kier molecular flexibility index (Phi) is 4.55. The van der Waals surface area contributed by atoms with Gasteiger partial charge in [0.05, 0.1) is 0 Å². The normalized spacial score (nSPS) is 12.9. The Hall–Kier alpha value is -1.51. The summed E-state index contributed by atoms with van der Waals surface area (Å²) in [5.74, 6) is 0.630. The number of carbonyl (C=O) groups is 1. The van der Waals surface area contributed by atoms with E-state index in [1.807, 2.05) is 51.1 Å². The van der Waals surface area contributed by atoms with E-state index in [4.69, 9.17) is 4.74 Å². The van der Waals surface area contributed by atoms with Gasteiger partial charge in [-0.05, 0) is 39.3 Å². The molecule has 1 rings (SSSR count). The summed E-state index contributed by atoms with van der Waals surface area (Å²) in [5, 5.41) is 2.96. The van der Waals surface area contributed by atoms with E-state index < -0.39 is 6.10 Å². The average Bonchev–Trinajstić information content (AvgIpc) is 2.30. The zero-order valence-electron chi connectivity index (χ0n) is 11.0. The van der Waals surface area contributed by atoms with Gasteiger partial charge in [-0.15, -0.1) is 0 Å². The van der Waals surface area contributed by atoms with Crippen molar-refractivity contribution in [2.75, 3.05) is 0 Å². The number of ether oxygens (including phenoxy) is 1. The van der Waals surface area contributed by atoms with Gasteiger partial charge in [-0.3, -0.25) is 4.79 Å². The molecule has 0 bridgehead atoms. The largest absolute Gasteiger partial charge is 0.481 e. The first kappa shape index (κ1) is 13.6. The van der Waals surface area contributed by atoms with Crippen LogP contribution in [-0.4, -0.2) is 17.6 Å². The number of hydrogen-bond donors (Lipinski definition) is 1. The summed E-state index contributed by atoms with van der Waals surface area (Å²) in [6, 6.07) is 9.37.